The summed E-state index contributed by atoms with van der Waals surface area (Å²) in [6, 6.07) is 14.0. The van der Waals surface area contributed by atoms with Gasteiger partial charge in [0.25, 0.3) is 5.91 Å². The highest BCUT2D eigenvalue weighted by atomic mass is 32.1. The molecule has 0 radical (unpaired) electrons. The van der Waals surface area contributed by atoms with Gasteiger partial charge in [0.15, 0.2) is 0 Å². The summed E-state index contributed by atoms with van der Waals surface area (Å²) >= 11 is 1.57. The van der Waals surface area contributed by atoms with Crippen LogP contribution in [-0.2, 0) is 11.4 Å². The molecular formula is C21H19N3O3S. The van der Waals surface area contributed by atoms with Crippen LogP contribution in [0.5, 0.6) is 5.75 Å². The highest BCUT2D eigenvalue weighted by Gasteiger charge is 2.09. The molecule has 2 aromatic carbocycles. The number of hydrogen-bond donors (Lipinski definition) is 2. The number of hydrogen-bond acceptors (Lipinski definition) is 5. The fourth-order valence-electron chi connectivity index (χ4n) is 2.52. The van der Waals surface area contributed by atoms with E-state index < -0.39 is 5.91 Å². The summed E-state index contributed by atoms with van der Waals surface area (Å²) in [6.45, 7) is 2.30. The van der Waals surface area contributed by atoms with Crippen molar-refractivity contribution < 1.29 is 14.3 Å². The Morgan fingerprint density at radius 1 is 1.18 bits per heavy atom. The molecule has 3 N–H and O–H groups in total. The Labute approximate surface area is 166 Å². The van der Waals surface area contributed by atoms with Gasteiger partial charge in [-0.25, -0.2) is 4.98 Å². The normalized spacial score (nSPS) is 10.8. The molecule has 0 unspecified atom stereocenters. The van der Waals surface area contributed by atoms with E-state index in [9.17, 15) is 9.59 Å². The van der Waals surface area contributed by atoms with E-state index in [2.05, 4.69) is 10.3 Å². The lowest BCUT2D eigenvalue weighted by molar-refractivity contribution is -0.111. The lowest BCUT2D eigenvalue weighted by Gasteiger charge is -2.08. The molecule has 142 valence electrons. The molecule has 3 aromatic rings. The number of nitrogens with two attached hydrogens (primary N) is 1. The Balaban J connectivity index is 1.68. The van der Waals surface area contributed by atoms with Crippen LogP contribution < -0.4 is 15.8 Å². The van der Waals surface area contributed by atoms with Gasteiger partial charge in [-0.05, 0) is 31.2 Å². The van der Waals surface area contributed by atoms with Crippen molar-refractivity contribution in [3.63, 3.8) is 0 Å². The average Bonchev–Trinajstić information content (AvgIpc) is 3.11. The van der Waals surface area contributed by atoms with Crippen molar-refractivity contribution >= 4 is 34.9 Å². The summed E-state index contributed by atoms with van der Waals surface area (Å²) in [7, 11) is 0. The van der Waals surface area contributed by atoms with Crippen LogP contribution in [0.25, 0.3) is 6.08 Å². The zero-order valence-corrected chi connectivity index (χ0v) is 16.0. The van der Waals surface area contributed by atoms with E-state index in [4.69, 9.17) is 10.5 Å². The molecule has 3 rings (SSSR count). The quantitative estimate of drug-likeness (QED) is 0.597. The Morgan fingerprint density at radius 3 is 2.68 bits per heavy atom. The molecule has 0 aliphatic carbocycles. The van der Waals surface area contributed by atoms with E-state index in [0.29, 0.717) is 18.0 Å². The van der Waals surface area contributed by atoms with E-state index in [1.54, 1.807) is 41.7 Å². The molecule has 0 aliphatic rings. The lowest BCUT2D eigenvalue weighted by atomic mass is 10.1. The van der Waals surface area contributed by atoms with Crippen LogP contribution in [0.3, 0.4) is 0 Å². The largest absolute Gasteiger partial charge is 0.487 e. The van der Waals surface area contributed by atoms with E-state index in [1.807, 2.05) is 36.6 Å². The Hall–Kier alpha value is -3.45. The first-order valence-electron chi connectivity index (χ1n) is 8.53. The van der Waals surface area contributed by atoms with Crippen LogP contribution in [0, 0.1) is 6.92 Å². The number of benzene rings is 2. The molecule has 1 aromatic heterocycles. The molecular weight excluding hydrogens is 374 g/mol. The third kappa shape index (κ3) is 5.05. The van der Waals surface area contributed by atoms with Crippen LogP contribution in [0.1, 0.15) is 26.6 Å². The summed E-state index contributed by atoms with van der Waals surface area (Å²) in [5.74, 6) is -0.329. The number of ether oxygens (including phenoxy) is 1. The summed E-state index contributed by atoms with van der Waals surface area (Å²) < 4.78 is 5.84. The molecule has 0 fully saturated rings. The highest BCUT2D eigenvalue weighted by molar-refractivity contribution is 7.09. The first-order valence-corrected chi connectivity index (χ1v) is 9.41. The molecule has 0 spiro atoms. The second kappa shape index (κ2) is 8.96. The summed E-state index contributed by atoms with van der Waals surface area (Å²) in [4.78, 5) is 28.1. The Morgan fingerprint density at radius 2 is 1.93 bits per heavy atom. The molecule has 7 heteroatoms. The number of aromatic nitrogens is 1. The summed E-state index contributed by atoms with van der Waals surface area (Å²) in [6.07, 6.45) is 3.04. The first kappa shape index (κ1) is 19.3. The molecule has 0 bridgehead atoms. The molecule has 1 heterocycles. The van der Waals surface area contributed by atoms with Gasteiger partial charge in [-0.3, -0.25) is 9.59 Å². The van der Waals surface area contributed by atoms with Gasteiger partial charge in [-0.1, -0.05) is 30.3 Å². The topological polar surface area (TPSA) is 94.3 Å². The van der Waals surface area contributed by atoms with Crippen molar-refractivity contribution in [2.45, 2.75) is 13.5 Å². The standard InChI is InChI=1S/C21H19N3O3S/c1-14-23-16(13-28-14)12-27-19-9-5-2-6-15(19)10-11-20(25)24-18-8-4-3-7-17(18)21(22)26/h2-11,13H,12H2,1H3,(H2,22,26)(H,24,25)/b11-10+. The fourth-order valence-corrected chi connectivity index (χ4v) is 3.12. The van der Waals surface area contributed by atoms with Crippen LogP contribution in [-0.4, -0.2) is 16.8 Å². The average molecular weight is 393 g/mol. The van der Waals surface area contributed by atoms with Crippen LogP contribution >= 0.6 is 11.3 Å². The molecule has 6 nitrogen and oxygen atoms in total. The third-order valence-electron chi connectivity index (χ3n) is 3.83. The van der Waals surface area contributed by atoms with Gasteiger partial charge in [0.05, 0.1) is 22.0 Å². The molecule has 0 aliphatic heterocycles. The number of primary amides is 1. The minimum Gasteiger partial charge on any atom is -0.487 e. The minimum atomic E-state index is -0.601. The number of aryl methyl sites for hydroxylation is 1. The number of amides is 2. The fraction of sp³-hybridized carbons (Fsp3) is 0.0952. The molecule has 0 saturated heterocycles. The number of carbonyl (C=O) groups is 2. The van der Waals surface area contributed by atoms with Gasteiger partial charge in [0.2, 0.25) is 5.91 Å². The number of anilines is 1. The smallest absolute Gasteiger partial charge is 0.250 e. The molecule has 2 amide bonds. The number of thiazole rings is 1. The van der Waals surface area contributed by atoms with E-state index in [0.717, 1.165) is 16.3 Å². The number of carbonyl (C=O) groups excluding carboxylic acids is 2. The Kier molecular flexibility index (Phi) is 6.18. The van der Waals surface area contributed by atoms with Crippen LogP contribution in [0.4, 0.5) is 5.69 Å². The minimum absolute atomic E-state index is 0.256. The highest BCUT2D eigenvalue weighted by Crippen LogP contribution is 2.21. The monoisotopic (exact) mass is 393 g/mol. The zero-order chi connectivity index (χ0) is 19.9. The van der Waals surface area contributed by atoms with Crippen molar-refractivity contribution in [3.8, 4) is 5.75 Å². The second-order valence-corrected chi connectivity index (χ2v) is 6.98. The first-order chi connectivity index (χ1) is 13.5. The predicted molar refractivity (Wildman–Crippen MR) is 110 cm³/mol. The van der Waals surface area contributed by atoms with Gasteiger partial charge in [-0.15, -0.1) is 11.3 Å². The van der Waals surface area contributed by atoms with Crippen LogP contribution in [0.2, 0.25) is 0 Å². The third-order valence-corrected chi connectivity index (χ3v) is 4.65. The van der Waals surface area contributed by atoms with Gasteiger partial charge in [0, 0.05) is 17.0 Å². The van der Waals surface area contributed by atoms with Gasteiger partial charge >= 0.3 is 0 Å². The van der Waals surface area contributed by atoms with Gasteiger partial charge in [0.1, 0.15) is 12.4 Å². The number of nitrogens with one attached hydrogen (secondary N) is 1. The van der Waals surface area contributed by atoms with Crippen molar-refractivity contribution in [1.82, 2.24) is 4.98 Å². The number of nitrogens with zero attached hydrogens (tertiary/aromatic N) is 1. The molecule has 28 heavy (non-hydrogen) atoms. The summed E-state index contributed by atoms with van der Waals surface area (Å²) in [5, 5.41) is 5.61. The number of para-hydroxylation sites is 2. The Bertz CT molecular complexity index is 1030. The van der Waals surface area contributed by atoms with Gasteiger partial charge < -0.3 is 15.8 Å². The molecule has 0 saturated carbocycles. The maximum Gasteiger partial charge on any atom is 0.250 e. The maximum absolute atomic E-state index is 12.3. The maximum atomic E-state index is 12.3. The van der Waals surface area contributed by atoms with E-state index in [-0.39, 0.29) is 11.5 Å². The van der Waals surface area contributed by atoms with Crippen molar-refractivity contribution in [2.24, 2.45) is 5.73 Å². The zero-order valence-electron chi connectivity index (χ0n) is 15.2. The van der Waals surface area contributed by atoms with Gasteiger partial charge in [-0.2, -0.15) is 0 Å². The van der Waals surface area contributed by atoms with Crippen LogP contribution in [0.15, 0.2) is 60.0 Å². The lowest BCUT2D eigenvalue weighted by Crippen LogP contribution is -2.16. The van der Waals surface area contributed by atoms with E-state index >= 15 is 0 Å². The summed E-state index contributed by atoms with van der Waals surface area (Å²) in [5.41, 5.74) is 7.57. The van der Waals surface area contributed by atoms with Crippen molar-refractivity contribution in [3.05, 3.63) is 81.8 Å². The van der Waals surface area contributed by atoms with Crippen molar-refractivity contribution in [2.75, 3.05) is 5.32 Å². The van der Waals surface area contributed by atoms with Crippen molar-refractivity contribution in [1.29, 1.82) is 0 Å². The SMILES string of the molecule is Cc1nc(COc2ccccc2/C=C/C(=O)Nc2ccccc2C(N)=O)cs1. The number of rotatable bonds is 7. The predicted octanol–water partition coefficient (Wildman–Crippen LogP) is 3.78. The second-order valence-electron chi connectivity index (χ2n) is 5.92. The molecule has 0 atom stereocenters. The van der Waals surface area contributed by atoms with E-state index in [1.165, 1.54) is 6.08 Å².